The van der Waals surface area contributed by atoms with Crippen LogP contribution in [0, 0.1) is 0 Å². The molecule has 0 bridgehead atoms. The molecule has 0 aromatic heterocycles. The standard InChI is InChI=1S/C74H48/c1-5-25-53(26-6-1)65-69(61-41-37-49-21-13-17-33-57(49)45-61)70(62-42-38-50-22-14-18-34-58(50)46-62)67(55-29-9-3-10-30-55)74-68(56-31-11-4-12-32-56)72(64-44-40-52-24-16-20-36-60(52)48-64)71(66(73(65)74)54-27-7-2-8-28-54)63-43-39-51-23-15-19-35-59(51)47-63/h1-48H. The highest BCUT2D eigenvalue weighted by atomic mass is 14.3. The maximum Gasteiger partial charge on any atom is -0.0000936 e. The van der Waals surface area contributed by atoms with Gasteiger partial charge in [-0.1, -0.05) is 267 Å². The maximum absolute atomic E-state index is 2.43. The predicted molar refractivity (Wildman–Crippen MR) is 317 cm³/mol. The minimum atomic E-state index is 1.15. The van der Waals surface area contributed by atoms with Gasteiger partial charge < -0.3 is 0 Å². The van der Waals surface area contributed by atoms with Crippen LogP contribution in [0.1, 0.15) is 0 Å². The lowest BCUT2D eigenvalue weighted by Crippen LogP contribution is -2.04. The molecule has 14 aromatic rings. The van der Waals surface area contributed by atoms with Gasteiger partial charge in [0.25, 0.3) is 0 Å². The van der Waals surface area contributed by atoms with Crippen LogP contribution in [0.25, 0.3) is 143 Å². The lowest BCUT2D eigenvalue weighted by Gasteiger charge is -2.31. The van der Waals surface area contributed by atoms with Crippen LogP contribution in [-0.2, 0) is 0 Å². The summed E-state index contributed by atoms with van der Waals surface area (Å²) < 4.78 is 0. The monoisotopic (exact) mass is 936 g/mol. The predicted octanol–water partition coefficient (Wildman–Crippen LogP) is 20.8. The third-order valence-electron chi connectivity index (χ3n) is 15.2. The van der Waals surface area contributed by atoms with Crippen LogP contribution in [0.5, 0.6) is 0 Å². The lowest BCUT2D eigenvalue weighted by molar-refractivity contribution is 1.55. The van der Waals surface area contributed by atoms with Crippen LogP contribution >= 0.6 is 0 Å². The highest BCUT2D eigenvalue weighted by Gasteiger charge is 2.33. The van der Waals surface area contributed by atoms with Crippen LogP contribution in [-0.4, -0.2) is 0 Å². The Morgan fingerprint density at radius 1 is 0.122 bits per heavy atom. The van der Waals surface area contributed by atoms with Gasteiger partial charge in [0.2, 0.25) is 0 Å². The summed E-state index contributed by atoms with van der Waals surface area (Å²) in [6.07, 6.45) is 0. The Morgan fingerprint density at radius 3 is 0.527 bits per heavy atom. The Labute approximate surface area is 431 Å². The van der Waals surface area contributed by atoms with Gasteiger partial charge in [0, 0.05) is 0 Å². The molecule has 0 saturated heterocycles. The molecule has 0 spiro atoms. The van der Waals surface area contributed by atoms with Crippen molar-refractivity contribution in [2.45, 2.75) is 0 Å². The molecule has 0 saturated carbocycles. The lowest BCUT2D eigenvalue weighted by atomic mass is 9.71. The van der Waals surface area contributed by atoms with E-state index in [1.807, 2.05) is 0 Å². The summed E-state index contributed by atoms with van der Waals surface area (Å²) in [5, 5.41) is 12.1. The number of benzene rings is 14. The van der Waals surface area contributed by atoms with E-state index in [2.05, 4.69) is 291 Å². The van der Waals surface area contributed by atoms with Crippen molar-refractivity contribution >= 4 is 53.9 Å². The zero-order valence-corrected chi connectivity index (χ0v) is 40.7. The molecule has 0 heterocycles. The molecule has 0 fully saturated rings. The third kappa shape index (κ3) is 7.39. The summed E-state index contributed by atoms with van der Waals surface area (Å²) in [4.78, 5) is 0. The fourth-order valence-electron chi connectivity index (χ4n) is 11.9. The largest absolute Gasteiger partial charge is 0.0622 e. The van der Waals surface area contributed by atoms with Crippen molar-refractivity contribution in [1.82, 2.24) is 0 Å². The van der Waals surface area contributed by atoms with E-state index in [1.165, 1.54) is 98.4 Å². The quantitative estimate of drug-likeness (QED) is 0.142. The topological polar surface area (TPSA) is 0 Å². The molecule has 0 aliphatic rings. The average molecular weight is 937 g/mol. The van der Waals surface area contributed by atoms with E-state index >= 15 is 0 Å². The molecule has 0 N–H and O–H groups in total. The van der Waals surface area contributed by atoms with Crippen LogP contribution in [0.2, 0.25) is 0 Å². The SMILES string of the molecule is c1ccc(-c2c(-c3ccc4ccccc4c3)c(-c3ccc4ccccc4c3)c(-c3ccccc3)c3c(-c4ccccc4)c(-c4ccc5ccccc5c4)c(-c4ccc5ccccc5c4)c(-c4ccccc4)c23)cc1. The molecular formula is C74H48. The Bertz CT molecular complexity index is 3860. The molecule has 0 heteroatoms. The Kier molecular flexibility index (Phi) is 10.6. The summed E-state index contributed by atoms with van der Waals surface area (Å²) >= 11 is 0. The molecule has 0 aliphatic heterocycles. The van der Waals surface area contributed by atoms with Crippen LogP contribution < -0.4 is 0 Å². The molecular weight excluding hydrogens is 889 g/mol. The molecule has 0 amide bonds. The average Bonchev–Trinajstić information content (AvgIpc) is 3.50. The third-order valence-corrected chi connectivity index (χ3v) is 15.2. The van der Waals surface area contributed by atoms with Crippen molar-refractivity contribution in [3.05, 3.63) is 291 Å². The van der Waals surface area contributed by atoms with Crippen molar-refractivity contribution in [3.63, 3.8) is 0 Å². The number of hydrogen-bond acceptors (Lipinski definition) is 0. The summed E-state index contributed by atoms with van der Waals surface area (Å²) in [7, 11) is 0. The second-order valence-electron chi connectivity index (χ2n) is 19.5. The van der Waals surface area contributed by atoms with E-state index in [0.29, 0.717) is 0 Å². The van der Waals surface area contributed by atoms with Crippen LogP contribution in [0.3, 0.4) is 0 Å². The van der Waals surface area contributed by atoms with E-state index in [1.54, 1.807) is 0 Å². The van der Waals surface area contributed by atoms with Gasteiger partial charge in [-0.3, -0.25) is 0 Å². The first-order chi connectivity index (χ1) is 36.7. The van der Waals surface area contributed by atoms with Gasteiger partial charge in [-0.15, -0.1) is 0 Å². The van der Waals surface area contributed by atoms with Gasteiger partial charge in [0.05, 0.1) is 0 Å². The molecule has 14 aromatic carbocycles. The van der Waals surface area contributed by atoms with Gasteiger partial charge in [0.1, 0.15) is 0 Å². The first-order valence-corrected chi connectivity index (χ1v) is 25.7. The van der Waals surface area contributed by atoms with Crippen molar-refractivity contribution < 1.29 is 0 Å². The Hall–Kier alpha value is -9.62. The minimum Gasteiger partial charge on any atom is -0.0622 e. The van der Waals surface area contributed by atoms with E-state index in [0.717, 1.165) is 44.5 Å². The number of rotatable bonds is 8. The van der Waals surface area contributed by atoms with Crippen molar-refractivity contribution in [3.8, 4) is 89.0 Å². The fraction of sp³-hybridized carbons (Fsp3) is 0. The summed E-state index contributed by atoms with van der Waals surface area (Å²) in [5.74, 6) is 0. The summed E-state index contributed by atoms with van der Waals surface area (Å²) in [5.41, 5.74) is 18.8. The zero-order chi connectivity index (χ0) is 49.0. The molecule has 74 heavy (non-hydrogen) atoms. The van der Waals surface area contributed by atoms with Crippen molar-refractivity contribution in [2.24, 2.45) is 0 Å². The number of fused-ring (bicyclic) bond motifs is 5. The Balaban J connectivity index is 1.34. The van der Waals surface area contributed by atoms with Crippen molar-refractivity contribution in [2.75, 3.05) is 0 Å². The van der Waals surface area contributed by atoms with E-state index in [9.17, 15) is 0 Å². The smallest absolute Gasteiger partial charge is 0.0000936 e. The van der Waals surface area contributed by atoms with Crippen molar-refractivity contribution in [1.29, 1.82) is 0 Å². The van der Waals surface area contributed by atoms with Crippen LogP contribution in [0.4, 0.5) is 0 Å². The molecule has 0 nitrogen and oxygen atoms in total. The molecule has 0 unspecified atom stereocenters. The second kappa shape index (κ2) is 18.2. The first kappa shape index (κ1) is 43.2. The molecule has 0 atom stereocenters. The van der Waals surface area contributed by atoms with Gasteiger partial charge >= 0.3 is 0 Å². The molecule has 14 rings (SSSR count). The van der Waals surface area contributed by atoms with Gasteiger partial charge in [-0.05, 0) is 167 Å². The zero-order valence-electron chi connectivity index (χ0n) is 40.7. The normalized spacial score (nSPS) is 11.5. The Morgan fingerprint density at radius 2 is 0.311 bits per heavy atom. The maximum atomic E-state index is 2.43. The minimum absolute atomic E-state index is 1.15. The van der Waals surface area contributed by atoms with E-state index < -0.39 is 0 Å². The first-order valence-electron chi connectivity index (χ1n) is 25.7. The summed E-state index contributed by atoms with van der Waals surface area (Å²) in [6.45, 7) is 0. The molecule has 0 aliphatic carbocycles. The fourth-order valence-corrected chi connectivity index (χ4v) is 11.9. The van der Waals surface area contributed by atoms with Gasteiger partial charge in [-0.2, -0.15) is 0 Å². The highest BCUT2D eigenvalue weighted by molar-refractivity contribution is 6.31. The van der Waals surface area contributed by atoms with Gasteiger partial charge in [0.15, 0.2) is 0 Å². The van der Waals surface area contributed by atoms with Gasteiger partial charge in [-0.25, -0.2) is 0 Å². The van der Waals surface area contributed by atoms with Crippen LogP contribution in [0.15, 0.2) is 291 Å². The highest BCUT2D eigenvalue weighted by Crippen LogP contribution is 2.60. The number of hydrogen-bond donors (Lipinski definition) is 0. The second-order valence-corrected chi connectivity index (χ2v) is 19.5. The van der Waals surface area contributed by atoms with E-state index in [-0.39, 0.29) is 0 Å². The molecule has 0 radical (unpaired) electrons. The molecule has 344 valence electrons. The van der Waals surface area contributed by atoms with E-state index in [4.69, 9.17) is 0 Å². The summed E-state index contributed by atoms with van der Waals surface area (Å²) in [6, 6.07) is 108.